The summed E-state index contributed by atoms with van der Waals surface area (Å²) in [5.41, 5.74) is 3.13. The average Bonchev–Trinajstić information content (AvgIpc) is 3.12. The van der Waals surface area contributed by atoms with Crippen molar-refractivity contribution in [2.75, 3.05) is 6.61 Å². The first-order chi connectivity index (χ1) is 15.7. The highest BCUT2D eigenvalue weighted by atomic mass is 32.2. The number of carbonyl (C=O) groups is 1. The second-order valence-corrected chi connectivity index (χ2v) is 8.50. The van der Waals surface area contributed by atoms with E-state index in [2.05, 4.69) is 6.92 Å². The van der Waals surface area contributed by atoms with Crippen molar-refractivity contribution in [1.82, 2.24) is 4.90 Å². The number of rotatable bonds is 8. The van der Waals surface area contributed by atoms with Crippen molar-refractivity contribution in [3.8, 4) is 5.75 Å². The Morgan fingerprint density at radius 3 is 2.38 bits per heavy atom. The maximum Gasteiger partial charge on any atom is 0.267 e. The molecule has 0 N–H and O–H groups in total. The minimum atomic E-state index is -0.0226. The predicted octanol–water partition coefficient (Wildman–Crippen LogP) is 6.15. The van der Waals surface area contributed by atoms with Crippen LogP contribution in [0.4, 0.5) is 0 Å². The Bertz CT molecular complexity index is 1110. The van der Waals surface area contributed by atoms with Crippen molar-refractivity contribution in [2.45, 2.75) is 26.4 Å². The average molecular weight is 443 g/mol. The van der Waals surface area contributed by atoms with Crippen LogP contribution in [0.5, 0.6) is 5.75 Å². The molecule has 0 aliphatic carbocycles. The Morgan fingerprint density at radius 2 is 1.66 bits per heavy atom. The summed E-state index contributed by atoms with van der Waals surface area (Å²) < 4.78 is 5.74. The van der Waals surface area contributed by atoms with E-state index in [-0.39, 0.29) is 5.91 Å². The zero-order valence-electron chi connectivity index (χ0n) is 18.1. The van der Waals surface area contributed by atoms with Crippen LogP contribution in [0.1, 0.15) is 30.0 Å². The van der Waals surface area contributed by atoms with Crippen LogP contribution in [0.2, 0.25) is 0 Å². The van der Waals surface area contributed by atoms with Crippen molar-refractivity contribution in [3.63, 3.8) is 0 Å². The number of ether oxygens (including phenoxy) is 1. The van der Waals surface area contributed by atoms with Crippen molar-refractivity contribution in [2.24, 2.45) is 4.99 Å². The van der Waals surface area contributed by atoms with Crippen LogP contribution < -0.4 is 4.74 Å². The molecule has 162 valence electrons. The third-order valence-electron chi connectivity index (χ3n) is 4.94. The molecular weight excluding hydrogens is 416 g/mol. The first-order valence-electron chi connectivity index (χ1n) is 10.8. The molecule has 1 heterocycles. The molecule has 0 radical (unpaired) electrons. The van der Waals surface area contributed by atoms with Gasteiger partial charge in [-0.2, -0.15) is 0 Å². The molecule has 0 unspecified atom stereocenters. The third-order valence-corrected chi connectivity index (χ3v) is 5.98. The Balaban J connectivity index is 1.60. The van der Waals surface area contributed by atoms with Gasteiger partial charge in [0.05, 0.1) is 24.6 Å². The molecule has 5 heteroatoms. The monoisotopic (exact) mass is 442 g/mol. The molecule has 1 aliphatic heterocycles. The lowest BCUT2D eigenvalue weighted by Gasteiger charge is -2.15. The van der Waals surface area contributed by atoms with Crippen LogP contribution >= 0.6 is 11.8 Å². The third kappa shape index (κ3) is 5.68. The number of nitrogens with zero attached hydrogens (tertiary/aromatic N) is 2. The standard InChI is InChI=1S/C27H26N2O2S/c1-2-16-31-24-15-9-14-23(17-24)18-25-26(30)29(20-22-12-7-4-8-13-22)27(32-25)28-19-21-10-5-3-6-11-21/h3-15,17-18H,2,16,19-20H2,1H3/b25-18-,28-27?. The lowest BCUT2D eigenvalue weighted by atomic mass is 10.2. The molecule has 4 rings (SSSR count). The summed E-state index contributed by atoms with van der Waals surface area (Å²) in [5.74, 6) is 0.793. The molecule has 0 saturated carbocycles. The lowest BCUT2D eigenvalue weighted by Crippen LogP contribution is -2.28. The van der Waals surface area contributed by atoms with E-state index in [9.17, 15) is 4.79 Å². The zero-order valence-corrected chi connectivity index (χ0v) is 18.9. The van der Waals surface area contributed by atoms with Gasteiger partial charge in [0.1, 0.15) is 5.75 Å². The molecule has 1 aliphatic rings. The van der Waals surface area contributed by atoms with Gasteiger partial charge in [-0.1, -0.05) is 79.7 Å². The Morgan fingerprint density at radius 1 is 0.938 bits per heavy atom. The fourth-order valence-corrected chi connectivity index (χ4v) is 4.31. The van der Waals surface area contributed by atoms with Gasteiger partial charge in [0.25, 0.3) is 5.91 Å². The number of aliphatic imine (C=N–C) groups is 1. The highest BCUT2D eigenvalue weighted by molar-refractivity contribution is 8.18. The van der Waals surface area contributed by atoms with Crippen molar-refractivity contribution in [1.29, 1.82) is 0 Å². The number of hydrogen-bond acceptors (Lipinski definition) is 4. The largest absolute Gasteiger partial charge is 0.494 e. The lowest BCUT2D eigenvalue weighted by molar-refractivity contribution is -0.122. The molecule has 0 aromatic heterocycles. The summed E-state index contributed by atoms with van der Waals surface area (Å²) in [6, 6.07) is 28.0. The maximum atomic E-state index is 13.3. The first-order valence-corrected chi connectivity index (χ1v) is 11.6. The predicted molar refractivity (Wildman–Crippen MR) is 132 cm³/mol. The van der Waals surface area contributed by atoms with Crippen LogP contribution in [0, 0.1) is 0 Å². The maximum absolute atomic E-state index is 13.3. The van der Waals surface area contributed by atoms with Crippen molar-refractivity contribution < 1.29 is 9.53 Å². The molecule has 1 saturated heterocycles. The summed E-state index contributed by atoms with van der Waals surface area (Å²) in [6.07, 6.45) is 2.88. The second-order valence-electron chi connectivity index (χ2n) is 7.49. The molecule has 4 nitrogen and oxygen atoms in total. The minimum Gasteiger partial charge on any atom is -0.494 e. The smallest absolute Gasteiger partial charge is 0.267 e. The van der Waals surface area contributed by atoms with E-state index in [1.165, 1.54) is 11.8 Å². The Hall–Kier alpha value is -3.31. The van der Waals surface area contributed by atoms with E-state index < -0.39 is 0 Å². The van der Waals surface area contributed by atoms with Crippen molar-refractivity contribution >= 4 is 28.9 Å². The van der Waals surface area contributed by atoms with Gasteiger partial charge in [-0.3, -0.25) is 14.7 Å². The van der Waals surface area contributed by atoms with E-state index in [4.69, 9.17) is 9.73 Å². The van der Waals surface area contributed by atoms with Crippen LogP contribution in [-0.4, -0.2) is 22.6 Å². The van der Waals surface area contributed by atoms with E-state index in [0.717, 1.165) is 34.0 Å². The minimum absolute atomic E-state index is 0.0226. The summed E-state index contributed by atoms with van der Waals surface area (Å²) in [4.78, 5) is 20.5. The van der Waals surface area contributed by atoms with Gasteiger partial charge in [-0.05, 0) is 53.1 Å². The SMILES string of the molecule is CCCOc1cccc(/C=C2\SC(=NCc3ccccc3)N(Cc3ccccc3)C2=O)c1. The molecule has 1 fully saturated rings. The van der Waals surface area contributed by atoms with Crippen LogP contribution in [0.3, 0.4) is 0 Å². The highest BCUT2D eigenvalue weighted by Gasteiger charge is 2.33. The Kier molecular flexibility index (Phi) is 7.41. The number of benzene rings is 3. The van der Waals surface area contributed by atoms with Crippen LogP contribution in [0.15, 0.2) is 94.8 Å². The van der Waals surface area contributed by atoms with Gasteiger partial charge >= 0.3 is 0 Å². The van der Waals surface area contributed by atoms with Crippen molar-refractivity contribution in [3.05, 3.63) is 107 Å². The summed E-state index contributed by atoms with van der Waals surface area (Å²) in [6.45, 7) is 3.79. The van der Waals surface area contributed by atoms with Gasteiger partial charge in [0.15, 0.2) is 5.17 Å². The number of carbonyl (C=O) groups excluding carboxylic acids is 1. The van der Waals surface area contributed by atoms with E-state index in [1.54, 1.807) is 4.90 Å². The number of thioether (sulfide) groups is 1. The molecular formula is C27H26N2O2S. The fourth-order valence-electron chi connectivity index (χ4n) is 3.34. The van der Waals surface area contributed by atoms with Gasteiger partial charge in [0, 0.05) is 0 Å². The van der Waals surface area contributed by atoms with Crippen LogP contribution in [0.25, 0.3) is 6.08 Å². The van der Waals surface area contributed by atoms with Gasteiger partial charge in [-0.15, -0.1) is 0 Å². The fraction of sp³-hybridized carbons (Fsp3) is 0.185. The molecule has 32 heavy (non-hydrogen) atoms. The van der Waals surface area contributed by atoms with Gasteiger partial charge in [-0.25, -0.2) is 0 Å². The quantitative estimate of drug-likeness (QED) is 0.393. The summed E-state index contributed by atoms with van der Waals surface area (Å²) >= 11 is 1.43. The normalized spacial score (nSPS) is 16.2. The number of hydrogen-bond donors (Lipinski definition) is 0. The second kappa shape index (κ2) is 10.8. The molecule has 1 amide bonds. The summed E-state index contributed by atoms with van der Waals surface area (Å²) in [5, 5.41) is 0.729. The summed E-state index contributed by atoms with van der Waals surface area (Å²) in [7, 11) is 0. The molecule has 0 atom stereocenters. The number of amidine groups is 1. The molecule has 0 bridgehead atoms. The topological polar surface area (TPSA) is 41.9 Å². The van der Waals surface area contributed by atoms with Crippen LogP contribution in [-0.2, 0) is 17.9 Å². The molecule has 3 aromatic carbocycles. The molecule has 0 spiro atoms. The van der Waals surface area contributed by atoms with Gasteiger partial charge < -0.3 is 4.74 Å². The zero-order chi connectivity index (χ0) is 22.2. The van der Waals surface area contributed by atoms with E-state index >= 15 is 0 Å². The van der Waals surface area contributed by atoms with E-state index in [0.29, 0.717) is 24.6 Å². The van der Waals surface area contributed by atoms with E-state index in [1.807, 2.05) is 91.0 Å². The Labute approximate surface area is 193 Å². The van der Waals surface area contributed by atoms with Gasteiger partial charge in [0.2, 0.25) is 0 Å². The highest BCUT2D eigenvalue weighted by Crippen LogP contribution is 2.34. The molecule has 3 aromatic rings. The number of amides is 1. The first kappa shape index (κ1) is 21.9.